The van der Waals surface area contributed by atoms with E-state index in [1.807, 2.05) is 0 Å². The standard InChI is InChI=1S/C25H18F4N2O2/c26-21-10-3-1-6-16(21)12-13-30-23(32)20-14-17-7-2-4-11-22(17)31(24(20)33)19-9-5-8-18(15-19)25(27,28)29/h1-11,14-15H,12-13H2,(H,30,32). The zero-order valence-electron chi connectivity index (χ0n) is 17.2. The molecule has 0 spiro atoms. The number of benzene rings is 3. The minimum absolute atomic E-state index is 0.00738. The Morgan fingerprint density at radius 3 is 2.39 bits per heavy atom. The number of carbonyl (C=O) groups is 1. The highest BCUT2D eigenvalue weighted by atomic mass is 19.4. The van der Waals surface area contributed by atoms with Crippen LogP contribution in [0.1, 0.15) is 21.5 Å². The number of carbonyl (C=O) groups excluding carboxylic acids is 1. The van der Waals surface area contributed by atoms with Gasteiger partial charge in [-0.3, -0.25) is 14.2 Å². The van der Waals surface area contributed by atoms with Gasteiger partial charge in [0.15, 0.2) is 0 Å². The molecule has 4 rings (SSSR count). The van der Waals surface area contributed by atoms with Crippen LogP contribution in [0, 0.1) is 5.82 Å². The van der Waals surface area contributed by atoms with Crippen molar-refractivity contribution in [2.24, 2.45) is 0 Å². The Hall–Kier alpha value is -3.94. The molecule has 4 aromatic rings. The van der Waals surface area contributed by atoms with Crippen LogP contribution in [0.4, 0.5) is 17.6 Å². The fraction of sp³-hybridized carbons (Fsp3) is 0.120. The van der Waals surface area contributed by atoms with E-state index in [2.05, 4.69) is 5.32 Å². The summed E-state index contributed by atoms with van der Waals surface area (Å²) >= 11 is 0. The van der Waals surface area contributed by atoms with Crippen LogP contribution in [-0.2, 0) is 12.6 Å². The van der Waals surface area contributed by atoms with Gasteiger partial charge >= 0.3 is 6.18 Å². The van der Waals surface area contributed by atoms with Crippen LogP contribution in [-0.4, -0.2) is 17.0 Å². The number of hydrogen-bond donors (Lipinski definition) is 1. The first kappa shape index (κ1) is 22.3. The largest absolute Gasteiger partial charge is 0.416 e. The molecule has 0 unspecified atom stereocenters. The zero-order valence-corrected chi connectivity index (χ0v) is 17.2. The highest BCUT2D eigenvalue weighted by Crippen LogP contribution is 2.30. The zero-order chi connectivity index (χ0) is 23.6. The number of pyridine rings is 1. The van der Waals surface area contributed by atoms with Crippen LogP contribution >= 0.6 is 0 Å². The maximum Gasteiger partial charge on any atom is 0.416 e. The van der Waals surface area contributed by atoms with Crippen molar-refractivity contribution in [1.29, 1.82) is 0 Å². The monoisotopic (exact) mass is 454 g/mol. The molecule has 1 aromatic heterocycles. The number of alkyl halides is 3. The summed E-state index contributed by atoms with van der Waals surface area (Å²) in [5, 5.41) is 3.10. The highest BCUT2D eigenvalue weighted by Gasteiger charge is 2.30. The first-order chi connectivity index (χ1) is 15.8. The molecule has 33 heavy (non-hydrogen) atoms. The van der Waals surface area contributed by atoms with Crippen molar-refractivity contribution in [3.8, 4) is 5.69 Å². The number of aromatic nitrogens is 1. The topological polar surface area (TPSA) is 51.1 Å². The van der Waals surface area contributed by atoms with E-state index in [-0.39, 0.29) is 24.2 Å². The third-order valence-electron chi connectivity index (χ3n) is 5.23. The molecule has 0 saturated heterocycles. The number of rotatable bonds is 5. The lowest BCUT2D eigenvalue weighted by molar-refractivity contribution is -0.137. The van der Waals surface area contributed by atoms with Gasteiger partial charge in [0.1, 0.15) is 11.4 Å². The van der Waals surface area contributed by atoms with Gasteiger partial charge in [-0.05, 0) is 53.8 Å². The molecule has 1 N–H and O–H groups in total. The van der Waals surface area contributed by atoms with Crippen LogP contribution in [0.25, 0.3) is 16.6 Å². The van der Waals surface area contributed by atoms with Gasteiger partial charge in [-0.2, -0.15) is 13.2 Å². The van der Waals surface area contributed by atoms with Crippen molar-refractivity contribution in [1.82, 2.24) is 9.88 Å². The van der Waals surface area contributed by atoms with Crippen LogP contribution in [0.15, 0.2) is 83.7 Å². The van der Waals surface area contributed by atoms with Crippen molar-refractivity contribution >= 4 is 16.8 Å². The molecule has 0 bridgehead atoms. The molecule has 0 fully saturated rings. The summed E-state index contributed by atoms with van der Waals surface area (Å²) in [5.74, 6) is -1.09. The third kappa shape index (κ3) is 4.64. The average Bonchev–Trinajstić information content (AvgIpc) is 2.79. The summed E-state index contributed by atoms with van der Waals surface area (Å²) in [7, 11) is 0. The highest BCUT2D eigenvalue weighted by molar-refractivity contribution is 5.97. The Bertz CT molecular complexity index is 1390. The van der Waals surface area contributed by atoms with E-state index in [0.29, 0.717) is 16.5 Å². The molecule has 1 heterocycles. The average molecular weight is 454 g/mol. The Morgan fingerprint density at radius 2 is 1.64 bits per heavy atom. The lowest BCUT2D eigenvalue weighted by Gasteiger charge is -2.15. The van der Waals surface area contributed by atoms with Gasteiger partial charge < -0.3 is 5.32 Å². The van der Waals surface area contributed by atoms with Crippen LogP contribution in [0.2, 0.25) is 0 Å². The second kappa shape index (κ2) is 8.90. The fourth-order valence-corrected chi connectivity index (χ4v) is 3.61. The van der Waals surface area contributed by atoms with Crippen molar-refractivity contribution in [3.63, 3.8) is 0 Å². The van der Waals surface area contributed by atoms with Gasteiger partial charge in [0.05, 0.1) is 11.1 Å². The molecular weight excluding hydrogens is 436 g/mol. The summed E-state index contributed by atoms with van der Waals surface area (Å²) < 4.78 is 54.6. The van der Waals surface area contributed by atoms with Gasteiger partial charge in [0.2, 0.25) is 0 Å². The van der Waals surface area contributed by atoms with E-state index in [1.54, 1.807) is 42.5 Å². The van der Waals surface area contributed by atoms with Gasteiger partial charge in [0.25, 0.3) is 11.5 Å². The summed E-state index contributed by atoms with van der Waals surface area (Å²) in [6.45, 7) is 0.0790. The Balaban J connectivity index is 1.72. The lowest BCUT2D eigenvalue weighted by Crippen LogP contribution is -2.33. The number of fused-ring (bicyclic) bond motifs is 1. The molecule has 8 heteroatoms. The number of para-hydroxylation sites is 1. The summed E-state index contributed by atoms with van der Waals surface area (Å²) in [4.78, 5) is 26.0. The Labute approximate surface area is 186 Å². The number of nitrogens with zero attached hydrogens (tertiary/aromatic N) is 1. The molecule has 0 radical (unpaired) electrons. The maximum absolute atomic E-state index is 13.8. The second-order valence-electron chi connectivity index (χ2n) is 7.40. The molecule has 0 saturated carbocycles. The summed E-state index contributed by atoms with van der Waals surface area (Å²) in [6, 6.07) is 18.5. The second-order valence-corrected chi connectivity index (χ2v) is 7.40. The smallest absolute Gasteiger partial charge is 0.352 e. The SMILES string of the molecule is O=C(NCCc1ccccc1F)c1cc2ccccc2n(-c2cccc(C(F)(F)F)c2)c1=O. The van der Waals surface area contributed by atoms with Gasteiger partial charge in [-0.25, -0.2) is 4.39 Å². The summed E-state index contributed by atoms with van der Waals surface area (Å²) in [5.41, 5.74) is -1.11. The predicted molar refractivity (Wildman–Crippen MR) is 117 cm³/mol. The van der Waals surface area contributed by atoms with Crippen LogP contribution in [0.5, 0.6) is 0 Å². The number of nitrogens with one attached hydrogen (secondary N) is 1. The van der Waals surface area contributed by atoms with Crippen molar-refractivity contribution < 1.29 is 22.4 Å². The van der Waals surface area contributed by atoms with Crippen LogP contribution in [0.3, 0.4) is 0 Å². The Morgan fingerprint density at radius 1 is 0.909 bits per heavy atom. The normalized spacial score (nSPS) is 11.5. The minimum atomic E-state index is -4.59. The van der Waals surface area contributed by atoms with E-state index in [9.17, 15) is 27.2 Å². The van der Waals surface area contributed by atoms with E-state index in [0.717, 1.165) is 16.7 Å². The van der Waals surface area contributed by atoms with E-state index >= 15 is 0 Å². The third-order valence-corrected chi connectivity index (χ3v) is 5.23. The lowest BCUT2D eigenvalue weighted by atomic mass is 10.1. The number of amides is 1. The van der Waals surface area contributed by atoms with Crippen molar-refractivity contribution in [2.75, 3.05) is 6.54 Å². The summed E-state index contributed by atoms with van der Waals surface area (Å²) in [6.07, 6.45) is -4.37. The number of hydrogen-bond acceptors (Lipinski definition) is 2. The molecule has 3 aromatic carbocycles. The number of halogens is 4. The van der Waals surface area contributed by atoms with Crippen molar-refractivity contribution in [2.45, 2.75) is 12.6 Å². The van der Waals surface area contributed by atoms with Crippen LogP contribution < -0.4 is 10.9 Å². The minimum Gasteiger partial charge on any atom is -0.352 e. The molecule has 0 aliphatic rings. The van der Waals surface area contributed by atoms with Gasteiger partial charge in [0, 0.05) is 12.2 Å². The Kier molecular flexibility index (Phi) is 6.00. The molecule has 0 atom stereocenters. The van der Waals surface area contributed by atoms with E-state index in [1.165, 1.54) is 24.3 Å². The first-order valence-electron chi connectivity index (χ1n) is 10.1. The van der Waals surface area contributed by atoms with Gasteiger partial charge in [-0.1, -0.05) is 42.5 Å². The molecule has 0 aliphatic carbocycles. The quantitative estimate of drug-likeness (QED) is 0.426. The van der Waals surface area contributed by atoms with Gasteiger partial charge in [-0.15, -0.1) is 0 Å². The fourth-order valence-electron chi connectivity index (χ4n) is 3.61. The van der Waals surface area contributed by atoms with E-state index < -0.39 is 29.0 Å². The molecular formula is C25H18F4N2O2. The predicted octanol–water partition coefficient (Wildman–Crippen LogP) is 5.12. The first-order valence-corrected chi connectivity index (χ1v) is 10.1. The molecule has 0 aliphatic heterocycles. The van der Waals surface area contributed by atoms with E-state index in [4.69, 9.17) is 0 Å². The molecule has 1 amide bonds. The molecule has 4 nitrogen and oxygen atoms in total. The maximum atomic E-state index is 13.8. The van der Waals surface area contributed by atoms with Crippen molar-refractivity contribution in [3.05, 3.63) is 112 Å². The molecule has 168 valence electrons.